The highest BCUT2D eigenvalue weighted by Gasteiger charge is 2.17. The molecule has 1 N–H and O–H groups in total. The molecule has 4 nitrogen and oxygen atoms in total. The van der Waals surface area contributed by atoms with Crippen LogP contribution in [0.15, 0.2) is 24.9 Å². The first-order valence-corrected chi connectivity index (χ1v) is 5.27. The van der Waals surface area contributed by atoms with E-state index in [4.69, 9.17) is 5.11 Å². The number of carbonyl (C=O) groups is 1. The fraction of sp³-hybridized carbons (Fsp3) is 0.333. The Morgan fingerprint density at radius 2 is 2.41 bits per heavy atom. The minimum absolute atomic E-state index is 0.0639. The lowest BCUT2D eigenvalue weighted by molar-refractivity contribution is 0.0692. The highest BCUT2D eigenvalue weighted by Crippen LogP contribution is 2.18. The predicted molar refractivity (Wildman–Crippen MR) is 63.9 cm³/mol. The lowest BCUT2D eigenvalue weighted by Gasteiger charge is -2.18. The van der Waals surface area contributed by atoms with Crippen LogP contribution in [0.1, 0.15) is 23.2 Å². The molecule has 1 heterocycles. The van der Waals surface area contributed by atoms with E-state index in [0.29, 0.717) is 6.54 Å². The number of hydrogen-bond donors (Lipinski definition) is 1. The molecule has 5 heteroatoms. The molecule has 0 bridgehead atoms. The van der Waals surface area contributed by atoms with Gasteiger partial charge in [0.25, 0.3) is 0 Å². The molecule has 1 aromatic rings. The number of halogens is 1. The maximum atomic E-state index is 13.8. The second-order valence-electron chi connectivity index (χ2n) is 3.65. The summed E-state index contributed by atoms with van der Waals surface area (Å²) in [5.41, 5.74) is -0.356. The van der Waals surface area contributed by atoms with E-state index < -0.39 is 11.8 Å². The van der Waals surface area contributed by atoms with Crippen molar-refractivity contribution in [2.45, 2.75) is 12.8 Å². The number of rotatable bonds is 6. The minimum atomic E-state index is -1.29. The third kappa shape index (κ3) is 3.27. The van der Waals surface area contributed by atoms with Crippen LogP contribution < -0.4 is 4.90 Å². The van der Waals surface area contributed by atoms with Crippen molar-refractivity contribution in [1.82, 2.24) is 4.98 Å². The monoisotopic (exact) mass is 238 g/mol. The van der Waals surface area contributed by atoms with Crippen molar-refractivity contribution in [3.05, 3.63) is 36.3 Å². The first-order valence-electron chi connectivity index (χ1n) is 5.27. The summed E-state index contributed by atoms with van der Waals surface area (Å²) >= 11 is 0. The van der Waals surface area contributed by atoms with Gasteiger partial charge in [-0.1, -0.05) is 6.08 Å². The Kier molecular flexibility index (Phi) is 4.63. The molecule has 0 atom stereocenters. The van der Waals surface area contributed by atoms with Crippen LogP contribution in [-0.4, -0.2) is 29.7 Å². The number of aromatic nitrogens is 1. The average Bonchev–Trinajstić information content (AvgIpc) is 2.29. The molecule has 17 heavy (non-hydrogen) atoms. The number of pyridine rings is 1. The standard InChI is InChI=1S/C12H15FN2O2/c1-3-4-5-8-15(2)11-10(13)9(12(16)17)6-7-14-11/h3,6-7H,1,4-5,8H2,2H3,(H,16,17). The van der Waals surface area contributed by atoms with Crippen LogP contribution in [0.25, 0.3) is 0 Å². The second-order valence-corrected chi connectivity index (χ2v) is 3.65. The quantitative estimate of drug-likeness (QED) is 0.610. The fourth-order valence-corrected chi connectivity index (χ4v) is 1.44. The maximum Gasteiger partial charge on any atom is 0.338 e. The van der Waals surface area contributed by atoms with E-state index >= 15 is 0 Å². The smallest absolute Gasteiger partial charge is 0.338 e. The van der Waals surface area contributed by atoms with Crippen LogP contribution in [0.4, 0.5) is 10.2 Å². The second kappa shape index (κ2) is 5.98. The van der Waals surface area contributed by atoms with Gasteiger partial charge < -0.3 is 10.0 Å². The van der Waals surface area contributed by atoms with Crippen molar-refractivity contribution in [2.75, 3.05) is 18.5 Å². The molecule has 92 valence electrons. The summed E-state index contributed by atoms with van der Waals surface area (Å²) in [6, 6.07) is 1.15. The molecule has 0 amide bonds. The van der Waals surface area contributed by atoms with Crippen LogP contribution in [0, 0.1) is 5.82 Å². The molecular weight excluding hydrogens is 223 g/mol. The van der Waals surface area contributed by atoms with Crippen LogP contribution in [0.5, 0.6) is 0 Å². The Labute approximate surface area is 99.4 Å². The molecular formula is C12H15FN2O2. The summed E-state index contributed by atoms with van der Waals surface area (Å²) in [5, 5.41) is 8.79. The predicted octanol–water partition coefficient (Wildman–Crippen LogP) is 2.32. The molecule has 0 radical (unpaired) electrons. The molecule has 0 aliphatic heterocycles. The van der Waals surface area contributed by atoms with Gasteiger partial charge in [0.05, 0.1) is 0 Å². The normalized spacial score (nSPS) is 10.0. The number of hydrogen-bond acceptors (Lipinski definition) is 3. The van der Waals surface area contributed by atoms with Crippen molar-refractivity contribution in [2.24, 2.45) is 0 Å². The summed E-state index contributed by atoms with van der Waals surface area (Å²) in [6.45, 7) is 4.20. The SMILES string of the molecule is C=CCCCN(C)c1nccc(C(=O)O)c1F. The van der Waals surface area contributed by atoms with Gasteiger partial charge in [0.2, 0.25) is 0 Å². The van der Waals surface area contributed by atoms with Crippen molar-refractivity contribution < 1.29 is 14.3 Å². The van der Waals surface area contributed by atoms with Crippen LogP contribution in [0.3, 0.4) is 0 Å². The van der Waals surface area contributed by atoms with Crippen molar-refractivity contribution in [3.63, 3.8) is 0 Å². The summed E-state index contributed by atoms with van der Waals surface area (Å²) in [6.07, 6.45) is 4.72. The maximum absolute atomic E-state index is 13.8. The van der Waals surface area contributed by atoms with Gasteiger partial charge in [0, 0.05) is 19.8 Å². The van der Waals surface area contributed by atoms with Gasteiger partial charge in [-0.3, -0.25) is 0 Å². The molecule has 0 unspecified atom stereocenters. The van der Waals surface area contributed by atoms with Gasteiger partial charge in [-0.2, -0.15) is 0 Å². The van der Waals surface area contributed by atoms with Crippen LogP contribution in [0.2, 0.25) is 0 Å². The lowest BCUT2D eigenvalue weighted by atomic mass is 10.2. The van der Waals surface area contributed by atoms with Gasteiger partial charge in [-0.25, -0.2) is 14.2 Å². The first-order chi connectivity index (χ1) is 8.07. The molecule has 1 aromatic heterocycles. The Balaban J connectivity index is 2.86. The lowest BCUT2D eigenvalue weighted by Crippen LogP contribution is -2.22. The third-order valence-corrected chi connectivity index (χ3v) is 2.36. The number of nitrogens with zero attached hydrogens (tertiary/aromatic N) is 2. The van der Waals surface area contributed by atoms with Gasteiger partial charge in [0.1, 0.15) is 5.56 Å². The Morgan fingerprint density at radius 1 is 1.71 bits per heavy atom. The molecule has 0 saturated heterocycles. The number of aromatic carboxylic acids is 1. The largest absolute Gasteiger partial charge is 0.478 e. The van der Waals surface area contributed by atoms with E-state index in [0.717, 1.165) is 18.9 Å². The summed E-state index contributed by atoms with van der Waals surface area (Å²) in [4.78, 5) is 16.2. The average molecular weight is 238 g/mol. The Morgan fingerprint density at radius 3 is 3.00 bits per heavy atom. The molecule has 0 aromatic carbocycles. The minimum Gasteiger partial charge on any atom is -0.478 e. The summed E-state index contributed by atoms with van der Waals surface area (Å²) < 4.78 is 13.8. The van der Waals surface area contributed by atoms with E-state index in [-0.39, 0.29) is 11.4 Å². The molecule has 1 rings (SSSR count). The van der Waals surface area contributed by atoms with Gasteiger partial charge in [-0.05, 0) is 18.9 Å². The molecule has 0 fully saturated rings. The number of unbranched alkanes of at least 4 members (excludes halogenated alkanes) is 1. The van der Waals surface area contributed by atoms with Gasteiger partial charge in [0.15, 0.2) is 11.6 Å². The van der Waals surface area contributed by atoms with E-state index in [1.54, 1.807) is 18.0 Å². The van der Waals surface area contributed by atoms with Crippen molar-refractivity contribution in [3.8, 4) is 0 Å². The third-order valence-electron chi connectivity index (χ3n) is 2.36. The zero-order chi connectivity index (χ0) is 12.8. The van der Waals surface area contributed by atoms with Crippen molar-refractivity contribution >= 4 is 11.8 Å². The zero-order valence-corrected chi connectivity index (χ0v) is 9.69. The molecule has 0 aliphatic rings. The zero-order valence-electron chi connectivity index (χ0n) is 9.69. The van der Waals surface area contributed by atoms with E-state index in [2.05, 4.69) is 11.6 Å². The van der Waals surface area contributed by atoms with Crippen LogP contribution >= 0.6 is 0 Å². The number of anilines is 1. The van der Waals surface area contributed by atoms with E-state index in [1.807, 2.05) is 0 Å². The topological polar surface area (TPSA) is 53.4 Å². The fourth-order valence-electron chi connectivity index (χ4n) is 1.44. The summed E-state index contributed by atoms with van der Waals surface area (Å²) in [5.74, 6) is -2.01. The highest BCUT2D eigenvalue weighted by molar-refractivity contribution is 5.88. The number of carboxylic acids is 1. The highest BCUT2D eigenvalue weighted by atomic mass is 19.1. The number of allylic oxidation sites excluding steroid dienone is 1. The first kappa shape index (κ1) is 13.2. The molecule has 0 aliphatic carbocycles. The van der Waals surface area contributed by atoms with Gasteiger partial charge >= 0.3 is 5.97 Å². The van der Waals surface area contributed by atoms with Crippen molar-refractivity contribution in [1.29, 1.82) is 0 Å². The Bertz CT molecular complexity index is 421. The van der Waals surface area contributed by atoms with E-state index in [1.165, 1.54) is 6.20 Å². The Hall–Kier alpha value is -1.91. The number of carboxylic acid groups (broad SMARTS) is 1. The van der Waals surface area contributed by atoms with Gasteiger partial charge in [-0.15, -0.1) is 6.58 Å². The summed E-state index contributed by atoms with van der Waals surface area (Å²) in [7, 11) is 1.68. The molecule has 0 spiro atoms. The van der Waals surface area contributed by atoms with E-state index in [9.17, 15) is 9.18 Å². The van der Waals surface area contributed by atoms with Crippen LogP contribution in [-0.2, 0) is 0 Å². The molecule has 0 saturated carbocycles.